The molecule has 0 saturated carbocycles. The van der Waals surface area contributed by atoms with Crippen LogP contribution in [0.5, 0.6) is 0 Å². The molecular formula is C10H21Cl2N3OS. The molecule has 0 atom stereocenters. The van der Waals surface area contributed by atoms with Crippen LogP contribution in [-0.4, -0.2) is 43.2 Å². The van der Waals surface area contributed by atoms with Gasteiger partial charge in [0.1, 0.15) is 0 Å². The summed E-state index contributed by atoms with van der Waals surface area (Å²) < 4.78 is 5.31. The first-order chi connectivity index (χ1) is 7.22. The smallest absolute Gasteiger partial charge is 0.0897 e. The van der Waals surface area contributed by atoms with Crippen LogP contribution >= 0.6 is 36.2 Å². The summed E-state index contributed by atoms with van der Waals surface area (Å²) in [6.45, 7) is 5.79. The first-order valence-corrected chi connectivity index (χ1v) is 5.97. The molecule has 0 unspecified atom stereocenters. The molecule has 17 heavy (non-hydrogen) atoms. The van der Waals surface area contributed by atoms with Crippen LogP contribution in [0.3, 0.4) is 0 Å². The van der Waals surface area contributed by atoms with E-state index in [1.165, 1.54) is 0 Å². The Morgan fingerprint density at radius 3 is 2.65 bits per heavy atom. The van der Waals surface area contributed by atoms with E-state index in [4.69, 9.17) is 10.5 Å². The van der Waals surface area contributed by atoms with E-state index >= 15 is 0 Å². The molecule has 1 aromatic rings. The highest BCUT2D eigenvalue weighted by atomic mass is 35.5. The predicted molar refractivity (Wildman–Crippen MR) is 77.6 cm³/mol. The van der Waals surface area contributed by atoms with Crippen LogP contribution in [0.4, 0.5) is 0 Å². The molecule has 1 heterocycles. The van der Waals surface area contributed by atoms with Crippen LogP contribution < -0.4 is 5.73 Å². The minimum Gasteiger partial charge on any atom is -0.379 e. The Balaban J connectivity index is 0. The van der Waals surface area contributed by atoms with E-state index in [0.29, 0.717) is 13.2 Å². The molecule has 1 aromatic heterocycles. The summed E-state index contributed by atoms with van der Waals surface area (Å²) >= 11 is 1.69. The number of likely N-dealkylation sites (N-methyl/N-ethyl adjacent to an activating group) is 1. The highest BCUT2D eigenvalue weighted by Crippen LogP contribution is 2.09. The molecule has 0 saturated heterocycles. The normalized spacial score (nSPS) is 9.88. The van der Waals surface area contributed by atoms with Gasteiger partial charge in [-0.2, -0.15) is 0 Å². The Labute approximate surface area is 119 Å². The zero-order chi connectivity index (χ0) is 11.1. The number of aryl methyl sites for hydroxylation is 1. The van der Waals surface area contributed by atoms with Crippen molar-refractivity contribution in [3.05, 3.63) is 16.1 Å². The van der Waals surface area contributed by atoms with Gasteiger partial charge in [-0.3, -0.25) is 4.90 Å². The average molecular weight is 302 g/mol. The van der Waals surface area contributed by atoms with E-state index in [-0.39, 0.29) is 24.8 Å². The van der Waals surface area contributed by atoms with Crippen molar-refractivity contribution in [1.29, 1.82) is 0 Å². The molecule has 0 radical (unpaired) electrons. The minimum atomic E-state index is 0. The van der Waals surface area contributed by atoms with Crippen LogP contribution in [0.1, 0.15) is 10.7 Å². The van der Waals surface area contributed by atoms with Crippen molar-refractivity contribution >= 4 is 36.2 Å². The summed E-state index contributed by atoms with van der Waals surface area (Å²) in [5.74, 6) is 0. The maximum atomic E-state index is 5.32. The Hall–Kier alpha value is 0.0900. The second-order valence-corrected chi connectivity index (χ2v) is 4.56. The zero-order valence-corrected chi connectivity index (χ0v) is 12.7. The number of hydrogen-bond donors (Lipinski definition) is 1. The monoisotopic (exact) mass is 301 g/mol. The van der Waals surface area contributed by atoms with Crippen molar-refractivity contribution in [3.63, 3.8) is 0 Å². The first kappa shape index (κ1) is 19.4. The summed E-state index contributed by atoms with van der Waals surface area (Å²) in [5.41, 5.74) is 6.46. The van der Waals surface area contributed by atoms with Gasteiger partial charge in [0.05, 0.1) is 23.9 Å². The van der Waals surface area contributed by atoms with Crippen LogP contribution in [0, 0.1) is 6.92 Å². The summed E-state index contributed by atoms with van der Waals surface area (Å²) in [6.07, 6.45) is 0. The van der Waals surface area contributed by atoms with Crippen LogP contribution in [-0.2, 0) is 11.3 Å². The van der Waals surface area contributed by atoms with Gasteiger partial charge >= 0.3 is 0 Å². The van der Waals surface area contributed by atoms with Crippen LogP contribution in [0.25, 0.3) is 0 Å². The molecule has 0 aromatic carbocycles. The fraction of sp³-hybridized carbons (Fsp3) is 0.700. The lowest BCUT2D eigenvalue weighted by Crippen LogP contribution is -2.24. The molecule has 7 heteroatoms. The van der Waals surface area contributed by atoms with Gasteiger partial charge in [0.2, 0.25) is 0 Å². The topological polar surface area (TPSA) is 51.4 Å². The van der Waals surface area contributed by atoms with Gasteiger partial charge < -0.3 is 10.5 Å². The Morgan fingerprint density at radius 1 is 1.41 bits per heavy atom. The number of nitrogens with zero attached hydrogens (tertiary/aromatic N) is 2. The maximum Gasteiger partial charge on any atom is 0.0897 e. The molecule has 1 rings (SSSR count). The van der Waals surface area contributed by atoms with Crippen molar-refractivity contribution in [2.75, 3.05) is 33.4 Å². The minimum absolute atomic E-state index is 0. The second kappa shape index (κ2) is 11.2. The van der Waals surface area contributed by atoms with E-state index in [9.17, 15) is 0 Å². The third-order valence-electron chi connectivity index (χ3n) is 1.98. The van der Waals surface area contributed by atoms with Crippen molar-refractivity contribution in [3.8, 4) is 0 Å². The third-order valence-corrected chi connectivity index (χ3v) is 2.80. The quantitative estimate of drug-likeness (QED) is 0.779. The molecule has 102 valence electrons. The number of nitrogens with two attached hydrogens (primary N) is 1. The molecule has 4 nitrogen and oxygen atoms in total. The molecule has 0 aliphatic heterocycles. The van der Waals surface area contributed by atoms with Gasteiger partial charge in [0.25, 0.3) is 0 Å². The highest BCUT2D eigenvalue weighted by molar-refractivity contribution is 7.09. The number of hydrogen-bond acceptors (Lipinski definition) is 5. The van der Waals surface area contributed by atoms with Crippen molar-refractivity contribution in [1.82, 2.24) is 9.88 Å². The fourth-order valence-electron chi connectivity index (χ4n) is 1.24. The lowest BCUT2D eigenvalue weighted by atomic mass is 10.4. The molecule has 2 N–H and O–H groups in total. The SMILES string of the molecule is Cc1nc(CN(C)CCOCCN)cs1.Cl.Cl. The van der Waals surface area contributed by atoms with Crippen LogP contribution in [0.2, 0.25) is 0 Å². The van der Waals surface area contributed by atoms with Gasteiger partial charge in [-0.25, -0.2) is 4.98 Å². The van der Waals surface area contributed by atoms with Crippen molar-refractivity contribution in [2.45, 2.75) is 13.5 Å². The van der Waals surface area contributed by atoms with E-state index in [2.05, 4.69) is 22.3 Å². The number of thiazole rings is 1. The summed E-state index contributed by atoms with van der Waals surface area (Å²) in [4.78, 5) is 6.61. The van der Waals surface area contributed by atoms with Gasteiger partial charge in [0.15, 0.2) is 0 Å². The van der Waals surface area contributed by atoms with Gasteiger partial charge in [-0.05, 0) is 14.0 Å². The summed E-state index contributed by atoms with van der Waals surface area (Å²) in [6, 6.07) is 0. The van der Waals surface area contributed by atoms with Crippen LogP contribution in [0.15, 0.2) is 5.38 Å². The number of ether oxygens (including phenoxy) is 1. The molecule has 0 spiro atoms. The first-order valence-electron chi connectivity index (χ1n) is 5.09. The van der Waals surface area contributed by atoms with E-state index in [1.807, 2.05) is 6.92 Å². The van der Waals surface area contributed by atoms with E-state index < -0.39 is 0 Å². The number of aromatic nitrogens is 1. The molecule has 0 amide bonds. The Bertz CT molecular complexity index is 286. The van der Waals surface area contributed by atoms with Gasteiger partial charge in [-0.15, -0.1) is 36.2 Å². The van der Waals surface area contributed by atoms with Gasteiger partial charge in [0, 0.05) is 25.0 Å². The van der Waals surface area contributed by atoms with Gasteiger partial charge in [-0.1, -0.05) is 0 Å². The zero-order valence-electron chi connectivity index (χ0n) is 10.2. The fourth-order valence-corrected chi connectivity index (χ4v) is 1.85. The Kier molecular flexibility index (Phi) is 12.8. The third kappa shape index (κ3) is 8.77. The lowest BCUT2D eigenvalue weighted by molar-refractivity contribution is 0.115. The molecule has 0 fully saturated rings. The Morgan fingerprint density at radius 2 is 2.12 bits per heavy atom. The molecular weight excluding hydrogens is 281 g/mol. The molecule has 0 bridgehead atoms. The predicted octanol–water partition coefficient (Wildman–Crippen LogP) is 1.70. The summed E-state index contributed by atoms with van der Waals surface area (Å²) in [7, 11) is 2.07. The average Bonchev–Trinajstić information content (AvgIpc) is 2.59. The largest absolute Gasteiger partial charge is 0.379 e. The maximum absolute atomic E-state index is 5.32. The van der Waals surface area contributed by atoms with Crippen molar-refractivity contribution in [2.24, 2.45) is 5.73 Å². The molecule has 0 aliphatic carbocycles. The van der Waals surface area contributed by atoms with E-state index in [0.717, 1.165) is 30.4 Å². The molecule has 0 aliphatic rings. The number of rotatable bonds is 7. The summed E-state index contributed by atoms with van der Waals surface area (Å²) in [5, 5.41) is 3.23. The number of halogens is 2. The lowest BCUT2D eigenvalue weighted by Gasteiger charge is -2.14. The standard InChI is InChI=1S/C10H19N3OS.2ClH/c1-9-12-10(8-15-9)7-13(2)4-6-14-5-3-11;;/h8H,3-7,11H2,1-2H3;2*1H. The van der Waals surface area contributed by atoms with Crippen molar-refractivity contribution < 1.29 is 4.74 Å². The van der Waals surface area contributed by atoms with E-state index in [1.54, 1.807) is 11.3 Å². The highest BCUT2D eigenvalue weighted by Gasteiger charge is 2.02. The second-order valence-electron chi connectivity index (χ2n) is 3.50.